The van der Waals surface area contributed by atoms with Gasteiger partial charge in [0.05, 0.1) is 18.8 Å². The second-order valence-corrected chi connectivity index (χ2v) is 5.15. The van der Waals surface area contributed by atoms with E-state index in [1.54, 1.807) is 13.2 Å². The Morgan fingerprint density at radius 3 is 2.75 bits per heavy atom. The van der Waals surface area contributed by atoms with Crippen LogP contribution in [-0.2, 0) is 13.5 Å². The lowest BCUT2D eigenvalue weighted by atomic mass is 10.0. The standard InChI is InChI=1S/C14H19ClN4O/c1-9-6-11(19(2)18-9)8-13(17-16)12-5-4-10(15)7-14(12)20-3/h4-7,13,17H,8,16H2,1-3H3. The lowest BCUT2D eigenvalue weighted by Crippen LogP contribution is -2.30. The van der Waals surface area contributed by atoms with Gasteiger partial charge >= 0.3 is 0 Å². The second kappa shape index (κ2) is 6.26. The van der Waals surface area contributed by atoms with Crippen LogP contribution in [0, 0.1) is 6.92 Å². The highest BCUT2D eigenvalue weighted by Gasteiger charge is 2.17. The quantitative estimate of drug-likeness (QED) is 0.655. The lowest BCUT2D eigenvalue weighted by Gasteiger charge is -2.19. The number of rotatable bonds is 5. The van der Waals surface area contributed by atoms with Crippen LogP contribution in [0.1, 0.15) is 23.0 Å². The third-order valence-electron chi connectivity index (χ3n) is 3.28. The predicted octanol–water partition coefficient (Wildman–Crippen LogP) is 2.14. The van der Waals surface area contributed by atoms with Gasteiger partial charge in [0.2, 0.25) is 0 Å². The summed E-state index contributed by atoms with van der Waals surface area (Å²) in [5.74, 6) is 6.42. The molecule has 0 aliphatic rings. The first kappa shape index (κ1) is 14.8. The van der Waals surface area contributed by atoms with Crippen LogP contribution in [0.5, 0.6) is 5.75 Å². The molecular formula is C14H19ClN4O. The van der Waals surface area contributed by atoms with E-state index in [9.17, 15) is 0 Å². The Bertz CT molecular complexity index is 597. The van der Waals surface area contributed by atoms with Crippen molar-refractivity contribution in [2.45, 2.75) is 19.4 Å². The highest BCUT2D eigenvalue weighted by molar-refractivity contribution is 6.30. The van der Waals surface area contributed by atoms with Gasteiger partial charge in [-0.15, -0.1) is 0 Å². The number of nitrogens with zero attached hydrogens (tertiary/aromatic N) is 2. The van der Waals surface area contributed by atoms with E-state index in [1.165, 1.54) is 0 Å². The summed E-state index contributed by atoms with van der Waals surface area (Å²) in [6.45, 7) is 1.97. The van der Waals surface area contributed by atoms with Crippen molar-refractivity contribution >= 4 is 11.6 Å². The molecule has 0 aliphatic carbocycles. The zero-order chi connectivity index (χ0) is 14.7. The molecule has 2 aromatic rings. The van der Waals surface area contributed by atoms with E-state index in [4.69, 9.17) is 22.2 Å². The molecule has 0 saturated heterocycles. The maximum Gasteiger partial charge on any atom is 0.125 e. The van der Waals surface area contributed by atoms with Crippen LogP contribution in [0.3, 0.4) is 0 Å². The summed E-state index contributed by atoms with van der Waals surface area (Å²) < 4.78 is 7.24. The van der Waals surface area contributed by atoms with Gasteiger partial charge in [-0.2, -0.15) is 5.10 Å². The van der Waals surface area contributed by atoms with Gasteiger partial charge < -0.3 is 4.74 Å². The monoisotopic (exact) mass is 294 g/mol. The highest BCUT2D eigenvalue weighted by atomic mass is 35.5. The van der Waals surface area contributed by atoms with Crippen molar-refractivity contribution in [2.75, 3.05) is 7.11 Å². The Kier molecular flexibility index (Phi) is 4.65. The molecule has 1 aromatic heterocycles. The first-order valence-electron chi connectivity index (χ1n) is 6.34. The summed E-state index contributed by atoms with van der Waals surface area (Å²) in [5, 5.41) is 4.98. The minimum atomic E-state index is -0.0722. The van der Waals surface area contributed by atoms with Crippen molar-refractivity contribution in [3.63, 3.8) is 0 Å². The third kappa shape index (κ3) is 3.12. The molecule has 1 unspecified atom stereocenters. The van der Waals surface area contributed by atoms with E-state index in [-0.39, 0.29) is 6.04 Å². The summed E-state index contributed by atoms with van der Waals surface area (Å²) in [6.07, 6.45) is 0.714. The fourth-order valence-corrected chi connectivity index (χ4v) is 2.46. The summed E-state index contributed by atoms with van der Waals surface area (Å²) in [7, 11) is 3.55. The Labute approximate surface area is 123 Å². The number of ether oxygens (including phenoxy) is 1. The SMILES string of the molecule is COc1cc(Cl)ccc1C(Cc1cc(C)nn1C)NN. The van der Waals surface area contributed by atoms with Crippen LogP contribution in [0.15, 0.2) is 24.3 Å². The van der Waals surface area contributed by atoms with Crippen molar-refractivity contribution in [1.82, 2.24) is 15.2 Å². The van der Waals surface area contributed by atoms with E-state index in [0.29, 0.717) is 11.4 Å². The normalized spacial score (nSPS) is 12.4. The minimum absolute atomic E-state index is 0.0722. The molecule has 0 fully saturated rings. The van der Waals surface area contributed by atoms with Crippen molar-refractivity contribution in [3.05, 3.63) is 46.2 Å². The number of hydrogen-bond donors (Lipinski definition) is 2. The molecule has 108 valence electrons. The minimum Gasteiger partial charge on any atom is -0.496 e. The third-order valence-corrected chi connectivity index (χ3v) is 3.52. The van der Waals surface area contributed by atoms with Gasteiger partial charge in [-0.25, -0.2) is 0 Å². The number of nitrogens with two attached hydrogens (primary N) is 1. The van der Waals surface area contributed by atoms with Gasteiger partial charge in [-0.1, -0.05) is 17.7 Å². The summed E-state index contributed by atoms with van der Waals surface area (Å²) in [6, 6.07) is 7.52. The van der Waals surface area contributed by atoms with Crippen molar-refractivity contribution in [2.24, 2.45) is 12.9 Å². The number of methoxy groups -OCH3 is 1. The van der Waals surface area contributed by atoms with Crippen LogP contribution in [-0.4, -0.2) is 16.9 Å². The molecule has 1 atom stereocenters. The molecule has 5 nitrogen and oxygen atoms in total. The van der Waals surface area contributed by atoms with Crippen LogP contribution >= 0.6 is 11.6 Å². The maximum absolute atomic E-state index is 5.99. The molecule has 6 heteroatoms. The number of nitrogens with one attached hydrogen (secondary N) is 1. The summed E-state index contributed by atoms with van der Waals surface area (Å²) >= 11 is 5.99. The first-order valence-corrected chi connectivity index (χ1v) is 6.72. The Hall–Kier alpha value is -1.56. The van der Waals surface area contributed by atoms with Crippen LogP contribution in [0.2, 0.25) is 5.02 Å². The van der Waals surface area contributed by atoms with Gasteiger partial charge in [0.25, 0.3) is 0 Å². The second-order valence-electron chi connectivity index (χ2n) is 4.71. The summed E-state index contributed by atoms with van der Waals surface area (Å²) in [5.41, 5.74) is 5.89. The van der Waals surface area contributed by atoms with Crippen molar-refractivity contribution < 1.29 is 4.74 Å². The van der Waals surface area contributed by atoms with E-state index in [1.807, 2.05) is 36.9 Å². The molecule has 3 N–H and O–H groups in total. The van der Waals surface area contributed by atoms with Gasteiger partial charge in [0.15, 0.2) is 0 Å². The molecule has 0 spiro atoms. The predicted molar refractivity (Wildman–Crippen MR) is 79.7 cm³/mol. The van der Waals surface area contributed by atoms with Gasteiger partial charge in [0, 0.05) is 29.7 Å². The fraction of sp³-hybridized carbons (Fsp3) is 0.357. The molecule has 0 aliphatic heterocycles. The largest absolute Gasteiger partial charge is 0.496 e. The molecule has 0 radical (unpaired) electrons. The van der Waals surface area contributed by atoms with Gasteiger partial charge in [0.1, 0.15) is 5.75 Å². The van der Waals surface area contributed by atoms with Crippen LogP contribution in [0.25, 0.3) is 0 Å². The number of benzene rings is 1. The van der Waals surface area contributed by atoms with Crippen molar-refractivity contribution in [3.8, 4) is 5.75 Å². The Balaban J connectivity index is 2.30. The number of hydrogen-bond acceptors (Lipinski definition) is 4. The molecular weight excluding hydrogens is 276 g/mol. The molecule has 0 saturated carbocycles. The average Bonchev–Trinajstić information content (AvgIpc) is 2.74. The first-order chi connectivity index (χ1) is 9.55. The van der Waals surface area contributed by atoms with E-state index in [0.717, 1.165) is 22.7 Å². The number of halogens is 1. The van der Waals surface area contributed by atoms with Gasteiger partial charge in [-0.05, 0) is 25.1 Å². The molecule has 1 aromatic carbocycles. The molecule has 0 amide bonds. The Morgan fingerprint density at radius 1 is 1.45 bits per heavy atom. The fourth-order valence-electron chi connectivity index (χ4n) is 2.30. The zero-order valence-corrected chi connectivity index (χ0v) is 12.6. The molecule has 0 bridgehead atoms. The number of aryl methyl sites for hydroxylation is 2. The maximum atomic E-state index is 5.99. The number of aromatic nitrogens is 2. The lowest BCUT2D eigenvalue weighted by molar-refractivity contribution is 0.398. The zero-order valence-electron chi connectivity index (χ0n) is 11.9. The molecule has 2 rings (SSSR count). The van der Waals surface area contributed by atoms with E-state index >= 15 is 0 Å². The smallest absolute Gasteiger partial charge is 0.125 e. The summed E-state index contributed by atoms with van der Waals surface area (Å²) in [4.78, 5) is 0. The highest BCUT2D eigenvalue weighted by Crippen LogP contribution is 2.30. The molecule has 20 heavy (non-hydrogen) atoms. The number of hydrazine groups is 1. The van der Waals surface area contributed by atoms with Gasteiger partial charge in [-0.3, -0.25) is 16.0 Å². The topological polar surface area (TPSA) is 65.1 Å². The average molecular weight is 295 g/mol. The van der Waals surface area contributed by atoms with E-state index in [2.05, 4.69) is 10.5 Å². The Morgan fingerprint density at radius 2 is 2.20 bits per heavy atom. The van der Waals surface area contributed by atoms with Crippen LogP contribution in [0.4, 0.5) is 0 Å². The van der Waals surface area contributed by atoms with Crippen molar-refractivity contribution in [1.29, 1.82) is 0 Å². The van der Waals surface area contributed by atoms with Crippen LogP contribution < -0.4 is 16.0 Å². The molecule has 1 heterocycles. The van der Waals surface area contributed by atoms with E-state index < -0.39 is 0 Å².